The maximum Gasteiger partial charge on any atom is 0.152 e. The van der Waals surface area contributed by atoms with E-state index in [0.29, 0.717) is 17.0 Å². The average molecular weight is 271 g/mol. The molecule has 0 radical (unpaired) electrons. The van der Waals surface area contributed by atoms with Crippen LogP contribution >= 0.6 is 0 Å². The van der Waals surface area contributed by atoms with Gasteiger partial charge in [0.1, 0.15) is 23.1 Å². The van der Waals surface area contributed by atoms with E-state index in [1.165, 1.54) is 16.8 Å². The van der Waals surface area contributed by atoms with Crippen LogP contribution in [0.5, 0.6) is 5.75 Å². The van der Waals surface area contributed by atoms with Gasteiger partial charge in [-0.3, -0.25) is 0 Å². The van der Waals surface area contributed by atoms with E-state index < -0.39 is 5.82 Å². The summed E-state index contributed by atoms with van der Waals surface area (Å²) < 4.78 is 15.4. The first kappa shape index (κ1) is 13.8. The first-order valence-electron chi connectivity index (χ1n) is 6.11. The molecule has 0 saturated carbocycles. The zero-order valence-electron chi connectivity index (χ0n) is 11.5. The number of allylic oxidation sites excluding steroid dienone is 2. The molecule has 0 saturated heterocycles. The van der Waals surface area contributed by atoms with E-state index in [-0.39, 0.29) is 11.4 Å². The summed E-state index contributed by atoms with van der Waals surface area (Å²) in [5, 5.41) is 22.8. The monoisotopic (exact) mass is 271 g/mol. The minimum atomic E-state index is -0.595. The zero-order valence-corrected chi connectivity index (χ0v) is 11.5. The van der Waals surface area contributed by atoms with Gasteiger partial charge in [0.15, 0.2) is 5.82 Å². The molecule has 1 aromatic heterocycles. The van der Waals surface area contributed by atoms with E-state index in [1.54, 1.807) is 6.92 Å². The van der Waals surface area contributed by atoms with E-state index in [2.05, 4.69) is 11.2 Å². The fourth-order valence-electron chi connectivity index (χ4n) is 2.00. The lowest BCUT2D eigenvalue weighted by Gasteiger charge is -2.09. The molecule has 0 bridgehead atoms. The smallest absolute Gasteiger partial charge is 0.152 e. The van der Waals surface area contributed by atoms with Crippen LogP contribution in [0.2, 0.25) is 0 Å². The maximum atomic E-state index is 14.0. The first-order chi connectivity index (χ1) is 9.49. The number of benzene rings is 1. The Morgan fingerprint density at radius 3 is 2.75 bits per heavy atom. The van der Waals surface area contributed by atoms with Crippen molar-refractivity contribution in [3.8, 4) is 17.5 Å². The van der Waals surface area contributed by atoms with Gasteiger partial charge in [-0.1, -0.05) is 6.08 Å². The predicted molar refractivity (Wildman–Crippen MR) is 74.0 cm³/mol. The van der Waals surface area contributed by atoms with Crippen LogP contribution in [0.15, 0.2) is 24.3 Å². The molecule has 0 unspecified atom stereocenters. The predicted octanol–water partition coefficient (Wildman–Crippen LogP) is 3.32. The Labute approximate surface area is 116 Å². The number of phenolic OH excluding ortho intramolecular Hbond substituents is 1. The van der Waals surface area contributed by atoms with Crippen molar-refractivity contribution >= 4 is 5.57 Å². The highest BCUT2D eigenvalue weighted by Gasteiger charge is 2.19. The van der Waals surface area contributed by atoms with Gasteiger partial charge in [0.25, 0.3) is 0 Å². The molecule has 102 valence electrons. The normalized spacial score (nSPS) is 11.4. The molecule has 5 heteroatoms. The quantitative estimate of drug-likeness (QED) is 0.911. The highest BCUT2D eigenvalue weighted by Crippen LogP contribution is 2.27. The molecule has 1 heterocycles. The molecule has 1 N–H and O–H groups in total. The third-order valence-electron chi connectivity index (χ3n) is 3.14. The topological polar surface area (TPSA) is 61.8 Å². The lowest BCUT2D eigenvalue weighted by atomic mass is 10.1. The molecule has 0 aliphatic rings. The van der Waals surface area contributed by atoms with Crippen LogP contribution in [-0.2, 0) is 0 Å². The number of hydrogen-bond acceptors (Lipinski definition) is 3. The Kier molecular flexibility index (Phi) is 3.57. The summed E-state index contributed by atoms with van der Waals surface area (Å²) >= 11 is 0. The fraction of sp³-hybridized carbons (Fsp3) is 0.200. The SMILES string of the molecule is CC=C(C)c1c(C#N)c(C)nn1-c1ccc(O)cc1F. The van der Waals surface area contributed by atoms with Crippen molar-refractivity contribution < 1.29 is 9.50 Å². The summed E-state index contributed by atoms with van der Waals surface area (Å²) in [5.41, 5.74) is 2.56. The summed E-state index contributed by atoms with van der Waals surface area (Å²) in [5.74, 6) is -0.748. The summed E-state index contributed by atoms with van der Waals surface area (Å²) in [4.78, 5) is 0. The van der Waals surface area contributed by atoms with Gasteiger partial charge in [-0.25, -0.2) is 9.07 Å². The molecule has 0 amide bonds. The molecule has 2 aromatic rings. The van der Waals surface area contributed by atoms with Gasteiger partial charge in [0, 0.05) is 6.07 Å². The van der Waals surface area contributed by atoms with Gasteiger partial charge in [-0.15, -0.1) is 0 Å². The molecular weight excluding hydrogens is 257 g/mol. The minimum Gasteiger partial charge on any atom is -0.508 e. The van der Waals surface area contributed by atoms with Crippen LogP contribution in [-0.4, -0.2) is 14.9 Å². The lowest BCUT2D eigenvalue weighted by Crippen LogP contribution is -2.04. The number of aromatic hydroxyl groups is 1. The number of aromatic nitrogens is 2. The van der Waals surface area contributed by atoms with Crippen molar-refractivity contribution in [1.29, 1.82) is 5.26 Å². The van der Waals surface area contributed by atoms with E-state index in [4.69, 9.17) is 0 Å². The molecule has 2 rings (SSSR count). The molecule has 0 aliphatic heterocycles. The van der Waals surface area contributed by atoms with Crippen LogP contribution in [0, 0.1) is 24.1 Å². The van der Waals surface area contributed by atoms with Crippen molar-refractivity contribution in [2.45, 2.75) is 20.8 Å². The molecule has 0 atom stereocenters. The lowest BCUT2D eigenvalue weighted by molar-refractivity contribution is 0.468. The minimum absolute atomic E-state index is 0.153. The van der Waals surface area contributed by atoms with Gasteiger partial charge in [0.05, 0.1) is 11.4 Å². The van der Waals surface area contributed by atoms with Crippen LogP contribution in [0.1, 0.15) is 30.8 Å². The first-order valence-corrected chi connectivity index (χ1v) is 6.11. The zero-order chi connectivity index (χ0) is 14.9. The molecule has 0 aliphatic carbocycles. The Bertz CT molecular complexity index is 738. The number of phenols is 1. The highest BCUT2D eigenvalue weighted by atomic mass is 19.1. The van der Waals surface area contributed by atoms with Gasteiger partial charge >= 0.3 is 0 Å². The van der Waals surface area contributed by atoms with Crippen molar-refractivity contribution in [1.82, 2.24) is 9.78 Å². The second kappa shape index (κ2) is 5.17. The van der Waals surface area contributed by atoms with E-state index in [1.807, 2.05) is 19.9 Å². The molecule has 4 nitrogen and oxygen atoms in total. The largest absolute Gasteiger partial charge is 0.508 e. The maximum absolute atomic E-state index is 14.0. The van der Waals surface area contributed by atoms with Gasteiger partial charge in [0.2, 0.25) is 0 Å². The number of nitriles is 1. The fourth-order valence-corrected chi connectivity index (χ4v) is 2.00. The van der Waals surface area contributed by atoms with E-state index in [0.717, 1.165) is 11.6 Å². The number of halogens is 1. The van der Waals surface area contributed by atoms with Gasteiger partial charge in [-0.2, -0.15) is 10.4 Å². The van der Waals surface area contributed by atoms with Gasteiger partial charge < -0.3 is 5.11 Å². The number of rotatable bonds is 2. The van der Waals surface area contributed by atoms with Crippen LogP contribution < -0.4 is 0 Å². The average Bonchev–Trinajstić information content (AvgIpc) is 2.74. The summed E-state index contributed by atoms with van der Waals surface area (Å²) in [6.07, 6.45) is 1.84. The molecule has 0 spiro atoms. The van der Waals surface area contributed by atoms with Gasteiger partial charge in [-0.05, 0) is 38.5 Å². The Morgan fingerprint density at radius 1 is 1.50 bits per heavy atom. The van der Waals surface area contributed by atoms with Crippen molar-refractivity contribution in [2.75, 3.05) is 0 Å². The molecule has 20 heavy (non-hydrogen) atoms. The number of hydrogen-bond donors (Lipinski definition) is 1. The second-order valence-electron chi connectivity index (χ2n) is 4.44. The highest BCUT2D eigenvalue weighted by molar-refractivity contribution is 5.69. The van der Waals surface area contributed by atoms with E-state index in [9.17, 15) is 14.8 Å². The second-order valence-corrected chi connectivity index (χ2v) is 4.44. The molecular formula is C15H14FN3O. The third-order valence-corrected chi connectivity index (χ3v) is 3.14. The van der Waals surface area contributed by atoms with Crippen molar-refractivity contribution in [3.05, 3.63) is 47.0 Å². The Hall–Kier alpha value is -2.61. The third kappa shape index (κ3) is 2.16. The molecule has 0 fully saturated rings. The summed E-state index contributed by atoms with van der Waals surface area (Å²) in [7, 11) is 0. The standard InChI is InChI=1S/C15H14FN3O/c1-4-9(2)15-12(8-17)10(3)18-19(15)14-6-5-11(20)7-13(14)16/h4-7,20H,1-3H3. The van der Waals surface area contributed by atoms with Crippen molar-refractivity contribution in [2.24, 2.45) is 0 Å². The molecule has 1 aromatic carbocycles. The van der Waals surface area contributed by atoms with Crippen molar-refractivity contribution in [3.63, 3.8) is 0 Å². The number of nitrogens with zero attached hydrogens (tertiary/aromatic N) is 3. The van der Waals surface area contributed by atoms with Crippen LogP contribution in [0.4, 0.5) is 4.39 Å². The Balaban J connectivity index is 2.78. The van der Waals surface area contributed by atoms with Crippen LogP contribution in [0.3, 0.4) is 0 Å². The van der Waals surface area contributed by atoms with E-state index >= 15 is 0 Å². The number of aryl methyl sites for hydroxylation is 1. The Morgan fingerprint density at radius 2 is 2.20 bits per heavy atom. The summed E-state index contributed by atoms with van der Waals surface area (Å²) in [6.45, 7) is 5.39. The van der Waals surface area contributed by atoms with Crippen LogP contribution in [0.25, 0.3) is 11.3 Å². The summed E-state index contributed by atoms with van der Waals surface area (Å²) in [6, 6.07) is 5.95.